The highest BCUT2D eigenvalue weighted by atomic mass is 16.6. The van der Waals surface area contributed by atoms with Gasteiger partial charge in [-0.1, -0.05) is 304 Å². The molecular weight excluding hydrogens is 961 g/mol. The monoisotopic (exact) mass is 1080 g/mol. The molecule has 0 aromatic carbocycles. The number of rotatable bonds is 59. The lowest BCUT2D eigenvalue weighted by atomic mass is 10.0. The number of unbranched alkanes of at least 4 members (excludes halogenated alkanes) is 30. The zero-order valence-corrected chi connectivity index (χ0v) is 51.2. The van der Waals surface area contributed by atoms with Crippen molar-refractivity contribution < 1.29 is 28.6 Å². The highest BCUT2D eigenvalue weighted by Crippen LogP contribution is 2.17. The SMILES string of the molecule is CC/C=C\C/C=C\C/C=C\C/C=C\C/C=C\CCCC(=O)OC(COC(=O)CCCC/C=C\C/C=C\C/C=C\C/C=C\CC)COC(=O)CCCCCCCCCCCCCCCCCCCCCCCCCCCCCC. The molecule has 0 fully saturated rings. The number of carbonyl (C=O) groups is 3. The van der Waals surface area contributed by atoms with E-state index in [-0.39, 0.29) is 37.5 Å². The van der Waals surface area contributed by atoms with Crippen LogP contribution in [0.4, 0.5) is 0 Å². The molecule has 78 heavy (non-hydrogen) atoms. The minimum Gasteiger partial charge on any atom is -0.462 e. The minimum absolute atomic E-state index is 0.113. The molecule has 6 heteroatoms. The van der Waals surface area contributed by atoms with Gasteiger partial charge in [0.1, 0.15) is 13.2 Å². The first-order valence-corrected chi connectivity index (χ1v) is 32.9. The Kier molecular flexibility index (Phi) is 62.3. The first-order chi connectivity index (χ1) is 38.5. The first-order valence-electron chi connectivity index (χ1n) is 32.9. The number of ether oxygens (including phenoxy) is 3. The van der Waals surface area contributed by atoms with Gasteiger partial charge in [0.25, 0.3) is 0 Å². The second-order valence-electron chi connectivity index (χ2n) is 21.6. The van der Waals surface area contributed by atoms with Crippen molar-refractivity contribution >= 4 is 17.9 Å². The average molecular weight is 1080 g/mol. The Bertz CT molecular complexity index is 1570. The molecule has 0 saturated heterocycles. The summed E-state index contributed by atoms with van der Waals surface area (Å²) in [7, 11) is 0. The fraction of sp³-hybridized carbons (Fsp3) is 0.708. The lowest BCUT2D eigenvalue weighted by Gasteiger charge is -2.18. The quantitative estimate of drug-likeness (QED) is 0.0261. The second-order valence-corrected chi connectivity index (χ2v) is 21.6. The van der Waals surface area contributed by atoms with Gasteiger partial charge in [-0.15, -0.1) is 0 Å². The lowest BCUT2D eigenvalue weighted by Crippen LogP contribution is -2.30. The molecule has 0 aliphatic carbocycles. The van der Waals surface area contributed by atoms with Gasteiger partial charge in [-0.2, -0.15) is 0 Å². The summed E-state index contributed by atoms with van der Waals surface area (Å²) in [6.45, 7) is 6.36. The van der Waals surface area contributed by atoms with E-state index in [0.717, 1.165) is 96.3 Å². The van der Waals surface area contributed by atoms with E-state index in [1.807, 2.05) is 0 Å². The Morgan fingerprint density at radius 1 is 0.269 bits per heavy atom. The molecule has 0 aromatic heterocycles. The summed E-state index contributed by atoms with van der Waals surface area (Å²) in [6, 6.07) is 0. The van der Waals surface area contributed by atoms with Crippen LogP contribution in [0.15, 0.2) is 109 Å². The van der Waals surface area contributed by atoms with E-state index in [2.05, 4.69) is 130 Å². The number of carbonyl (C=O) groups excluding carboxylic acids is 3. The Balaban J connectivity index is 4.33. The molecule has 1 unspecified atom stereocenters. The third-order valence-corrected chi connectivity index (χ3v) is 14.0. The van der Waals surface area contributed by atoms with Gasteiger partial charge in [-0.25, -0.2) is 0 Å². The van der Waals surface area contributed by atoms with Gasteiger partial charge in [0.05, 0.1) is 0 Å². The van der Waals surface area contributed by atoms with Crippen molar-refractivity contribution in [2.45, 2.75) is 316 Å². The van der Waals surface area contributed by atoms with Crippen LogP contribution in [0.1, 0.15) is 310 Å². The van der Waals surface area contributed by atoms with Crippen molar-refractivity contribution in [3.8, 4) is 0 Å². The summed E-state index contributed by atoms with van der Waals surface area (Å²) in [4.78, 5) is 38.3. The highest BCUT2D eigenvalue weighted by Gasteiger charge is 2.19. The van der Waals surface area contributed by atoms with Crippen LogP contribution in [0.25, 0.3) is 0 Å². The van der Waals surface area contributed by atoms with Crippen molar-refractivity contribution in [1.29, 1.82) is 0 Å². The van der Waals surface area contributed by atoms with Crippen LogP contribution in [-0.2, 0) is 28.6 Å². The van der Waals surface area contributed by atoms with E-state index in [9.17, 15) is 14.4 Å². The van der Waals surface area contributed by atoms with Gasteiger partial charge in [0.2, 0.25) is 0 Å². The molecule has 0 rings (SSSR count). The largest absolute Gasteiger partial charge is 0.462 e. The maximum Gasteiger partial charge on any atom is 0.306 e. The van der Waals surface area contributed by atoms with Crippen molar-refractivity contribution in [1.82, 2.24) is 0 Å². The minimum atomic E-state index is -0.827. The van der Waals surface area contributed by atoms with Gasteiger partial charge in [0, 0.05) is 19.3 Å². The fourth-order valence-electron chi connectivity index (χ4n) is 9.18. The maximum atomic E-state index is 12.9. The molecule has 0 aliphatic heterocycles. The Morgan fingerprint density at radius 3 is 0.821 bits per heavy atom. The molecule has 0 N–H and O–H groups in total. The summed E-state index contributed by atoms with van der Waals surface area (Å²) in [5.74, 6) is -1.01. The molecule has 0 radical (unpaired) electrons. The Labute approximate surface area is 482 Å². The van der Waals surface area contributed by atoms with Gasteiger partial charge in [-0.3, -0.25) is 14.4 Å². The summed E-state index contributed by atoms with van der Waals surface area (Å²) >= 11 is 0. The number of hydrogen-bond donors (Lipinski definition) is 0. The van der Waals surface area contributed by atoms with Crippen LogP contribution in [-0.4, -0.2) is 37.2 Å². The van der Waals surface area contributed by atoms with E-state index in [1.165, 1.54) is 161 Å². The van der Waals surface area contributed by atoms with Crippen LogP contribution < -0.4 is 0 Å². The highest BCUT2D eigenvalue weighted by molar-refractivity contribution is 5.71. The van der Waals surface area contributed by atoms with E-state index in [4.69, 9.17) is 14.2 Å². The van der Waals surface area contributed by atoms with Gasteiger partial charge >= 0.3 is 17.9 Å². The zero-order chi connectivity index (χ0) is 56.4. The van der Waals surface area contributed by atoms with Crippen molar-refractivity contribution in [2.24, 2.45) is 0 Å². The molecule has 0 aromatic rings. The summed E-state index contributed by atoms with van der Waals surface area (Å²) in [6.07, 6.45) is 89.9. The summed E-state index contributed by atoms with van der Waals surface area (Å²) < 4.78 is 16.8. The van der Waals surface area contributed by atoms with Crippen LogP contribution in [0.3, 0.4) is 0 Å². The van der Waals surface area contributed by atoms with Crippen LogP contribution in [0, 0.1) is 0 Å². The summed E-state index contributed by atoms with van der Waals surface area (Å²) in [5.41, 5.74) is 0. The number of hydrogen-bond acceptors (Lipinski definition) is 6. The van der Waals surface area contributed by atoms with Gasteiger partial charge in [-0.05, 0) is 96.3 Å². The maximum absolute atomic E-state index is 12.9. The Morgan fingerprint density at radius 2 is 0.513 bits per heavy atom. The zero-order valence-electron chi connectivity index (χ0n) is 51.2. The normalized spacial score (nSPS) is 12.8. The fourth-order valence-corrected chi connectivity index (χ4v) is 9.18. The average Bonchev–Trinajstić information content (AvgIpc) is 3.44. The van der Waals surface area contributed by atoms with Crippen molar-refractivity contribution in [2.75, 3.05) is 13.2 Å². The standard InChI is InChI=1S/C72H122O6/c1-4-7-10-13-16-19-22-25-28-30-31-32-33-34-35-36-37-38-39-40-42-44-47-50-53-56-59-62-65-71(74)77-68-69(67-76-70(73)64-61-58-55-52-49-46-43-27-24-21-18-15-12-9-6-3)78-72(75)66-63-60-57-54-51-48-45-41-29-26-23-20-17-14-11-8-5-2/h8-9,11-12,17-18,20-21,26-27,29,43,45,48-49,52,54,57,69H,4-7,10,13-16,19,22-25,28,30-42,44,46-47,50-51,53,55-56,58-68H2,1-3H3/b11-8-,12-9-,20-17-,21-18-,29-26-,43-27-,48-45-,52-49-,57-54-. The first kappa shape index (κ1) is 74.1. The predicted molar refractivity (Wildman–Crippen MR) is 339 cm³/mol. The van der Waals surface area contributed by atoms with Crippen molar-refractivity contribution in [3.63, 3.8) is 0 Å². The molecule has 0 spiro atoms. The summed E-state index contributed by atoms with van der Waals surface area (Å²) in [5, 5.41) is 0. The third kappa shape index (κ3) is 62.9. The van der Waals surface area contributed by atoms with Crippen LogP contribution in [0.2, 0.25) is 0 Å². The lowest BCUT2D eigenvalue weighted by molar-refractivity contribution is -0.167. The molecular formula is C72H122O6. The van der Waals surface area contributed by atoms with Crippen LogP contribution >= 0.6 is 0 Å². The molecule has 0 amide bonds. The van der Waals surface area contributed by atoms with Crippen molar-refractivity contribution in [3.05, 3.63) is 109 Å². The van der Waals surface area contributed by atoms with E-state index < -0.39 is 6.10 Å². The second kappa shape index (κ2) is 65.6. The molecule has 6 nitrogen and oxygen atoms in total. The van der Waals surface area contributed by atoms with Gasteiger partial charge < -0.3 is 14.2 Å². The molecule has 1 atom stereocenters. The Hall–Kier alpha value is -3.93. The predicted octanol–water partition coefficient (Wildman–Crippen LogP) is 22.6. The van der Waals surface area contributed by atoms with E-state index in [0.29, 0.717) is 25.7 Å². The van der Waals surface area contributed by atoms with Gasteiger partial charge in [0.15, 0.2) is 6.10 Å². The third-order valence-electron chi connectivity index (χ3n) is 14.0. The molecule has 0 saturated carbocycles. The smallest absolute Gasteiger partial charge is 0.306 e. The topological polar surface area (TPSA) is 78.9 Å². The molecule has 446 valence electrons. The van der Waals surface area contributed by atoms with E-state index in [1.54, 1.807) is 0 Å². The number of allylic oxidation sites excluding steroid dienone is 18. The van der Waals surface area contributed by atoms with Crippen LogP contribution in [0.5, 0.6) is 0 Å². The molecule has 0 aliphatic rings. The van der Waals surface area contributed by atoms with E-state index >= 15 is 0 Å². The number of esters is 3. The molecule has 0 bridgehead atoms. The molecule has 0 heterocycles.